The molecule has 1 aromatic heterocycles. The van der Waals surface area contributed by atoms with E-state index in [4.69, 9.17) is 14.2 Å². The molecule has 2 aromatic carbocycles. The summed E-state index contributed by atoms with van der Waals surface area (Å²) >= 11 is 4.82. The molecule has 0 aliphatic heterocycles. The van der Waals surface area contributed by atoms with E-state index in [0.29, 0.717) is 28.8 Å². The van der Waals surface area contributed by atoms with Crippen molar-refractivity contribution in [1.29, 1.82) is 0 Å². The highest BCUT2D eigenvalue weighted by Gasteiger charge is 2.25. The predicted molar refractivity (Wildman–Crippen MR) is 139 cm³/mol. The van der Waals surface area contributed by atoms with Crippen molar-refractivity contribution < 1.29 is 23.8 Å². The Bertz CT molecular complexity index is 1170. The Balaban J connectivity index is 1.81. The van der Waals surface area contributed by atoms with Crippen LogP contribution in [0.15, 0.2) is 46.9 Å². The Morgan fingerprint density at radius 2 is 1.79 bits per heavy atom. The molecule has 0 unspecified atom stereocenters. The lowest BCUT2D eigenvalue weighted by atomic mass is 10.0. The molecule has 3 rings (SSSR count). The van der Waals surface area contributed by atoms with Gasteiger partial charge in [-0.2, -0.15) is 0 Å². The van der Waals surface area contributed by atoms with Crippen LogP contribution >= 0.6 is 27.3 Å². The molecular formula is C26H28BrNO5S. The fourth-order valence-electron chi connectivity index (χ4n) is 3.46. The Morgan fingerprint density at radius 3 is 2.38 bits per heavy atom. The number of rotatable bonds is 9. The van der Waals surface area contributed by atoms with Gasteiger partial charge in [-0.15, -0.1) is 11.3 Å². The van der Waals surface area contributed by atoms with Crippen molar-refractivity contribution in [2.45, 2.75) is 33.6 Å². The summed E-state index contributed by atoms with van der Waals surface area (Å²) in [5.74, 6) is 0.820. The molecule has 8 heteroatoms. The minimum absolute atomic E-state index is 0.199. The summed E-state index contributed by atoms with van der Waals surface area (Å²) in [7, 11) is 1.32. The number of hydrogen-bond acceptors (Lipinski definition) is 6. The molecule has 0 bridgehead atoms. The molecule has 0 spiro atoms. The second-order valence-electron chi connectivity index (χ2n) is 7.87. The van der Waals surface area contributed by atoms with Gasteiger partial charge in [0.2, 0.25) is 0 Å². The summed E-state index contributed by atoms with van der Waals surface area (Å²) in [6.45, 7) is 8.42. The van der Waals surface area contributed by atoms with E-state index in [2.05, 4.69) is 35.1 Å². The highest BCUT2D eigenvalue weighted by Crippen LogP contribution is 2.41. The quantitative estimate of drug-likeness (QED) is 0.299. The number of methoxy groups -OCH3 is 1. The van der Waals surface area contributed by atoms with Crippen molar-refractivity contribution in [2.24, 2.45) is 0 Å². The third-order valence-electron chi connectivity index (χ3n) is 5.16. The van der Waals surface area contributed by atoms with Crippen molar-refractivity contribution in [3.05, 3.63) is 62.9 Å². The van der Waals surface area contributed by atoms with Crippen molar-refractivity contribution in [3.63, 3.8) is 0 Å². The molecule has 0 saturated carbocycles. The number of ether oxygens (including phenoxy) is 3. The second-order valence-corrected chi connectivity index (χ2v) is 9.95. The van der Waals surface area contributed by atoms with Gasteiger partial charge < -0.3 is 19.5 Å². The van der Waals surface area contributed by atoms with Crippen molar-refractivity contribution >= 4 is 44.1 Å². The van der Waals surface area contributed by atoms with Gasteiger partial charge in [-0.05, 0) is 71.1 Å². The summed E-state index contributed by atoms with van der Waals surface area (Å²) < 4.78 is 17.0. The number of benzene rings is 2. The molecule has 0 saturated heterocycles. The Kier molecular flexibility index (Phi) is 8.74. The molecular weight excluding hydrogens is 518 g/mol. The SMILES string of the molecule is CCOc1ccc(-c2c(C)sc(NC(=O)COc3ccc(C(C)C)cc3Br)c2C(=O)OC)cc1. The molecule has 0 fully saturated rings. The Labute approximate surface area is 212 Å². The first-order valence-electron chi connectivity index (χ1n) is 10.9. The van der Waals surface area contributed by atoms with Gasteiger partial charge in [0.05, 0.1) is 18.2 Å². The van der Waals surface area contributed by atoms with Crippen LogP contribution in [-0.2, 0) is 9.53 Å². The fourth-order valence-corrected chi connectivity index (χ4v) is 5.05. The van der Waals surface area contributed by atoms with Crippen LogP contribution in [0.3, 0.4) is 0 Å². The standard InChI is InChI=1S/C26H28BrNO5S/c1-6-32-19-10-7-17(8-11-19)23-16(4)34-25(24(23)26(30)31-5)28-22(29)14-33-21-12-9-18(15(2)3)13-20(21)27/h7-13,15H,6,14H2,1-5H3,(H,28,29). The number of aryl methyl sites for hydroxylation is 1. The molecule has 1 amide bonds. The highest BCUT2D eigenvalue weighted by atomic mass is 79.9. The van der Waals surface area contributed by atoms with E-state index in [-0.39, 0.29) is 12.5 Å². The van der Waals surface area contributed by atoms with E-state index in [1.807, 2.05) is 56.3 Å². The molecule has 3 aromatic rings. The van der Waals surface area contributed by atoms with Gasteiger partial charge in [-0.1, -0.05) is 32.0 Å². The zero-order chi connectivity index (χ0) is 24.8. The Hall–Kier alpha value is -2.84. The van der Waals surface area contributed by atoms with Gasteiger partial charge in [-0.3, -0.25) is 4.79 Å². The van der Waals surface area contributed by atoms with Crippen LogP contribution in [0.4, 0.5) is 5.00 Å². The van der Waals surface area contributed by atoms with Crippen LogP contribution in [0.1, 0.15) is 47.5 Å². The number of anilines is 1. The van der Waals surface area contributed by atoms with Crippen LogP contribution in [0, 0.1) is 6.92 Å². The largest absolute Gasteiger partial charge is 0.494 e. The third-order valence-corrected chi connectivity index (χ3v) is 6.80. The maximum Gasteiger partial charge on any atom is 0.341 e. The minimum atomic E-state index is -0.517. The lowest BCUT2D eigenvalue weighted by Crippen LogP contribution is -2.21. The predicted octanol–water partition coefficient (Wildman–Crippen LogP) is 6.81. The number of amides is 1. The van der Waals surface area contributed by atoms with E-state index in [0.717, 1.165) is 26.2 Å². The van der Waals surface area contributed by atoms with Crippen molar-refractivity contribution in [2.75, 3.05) is 25.6 Å². The van der Waals surface area contributed by atoms with Gasteiger partial charge >= 0.3 is 5.97 Å². The first-order chi connectivity index (χ1) is 16.2. The first-order valence-corrected chi connectivity index (χ1v) is 12.5. The first kappa shape index (κ1) is 25.8. The molecule has 34 heavy (non-hydrogen) atoms. The number of thiophene rings is 1. The third kappa shape index (κ3) is 5.98. The molecule has 180 valence electrons. The minimum Gasteiger partial charge on any atom is -0.494 e. The fraction of sp³-hybridized carbons (Fsp3) is 0.308. The second kappa shape index (κ2) is 11.5. The average Bonchev–Trinajstić information content (AvgIpc) is 3.13. The van der Waals surface area contributed by atoms with Gasteiger partial charge in [0, 0.05) is 10.4 Å². The molecule has 1 N–H and O–H groups in total. The van der Waals surface area contributed by atoms with Crippen molar-refractivity contribution in [3.8, 4) is 22.6 Å². The summed E-state index contributed by atoms with van der Waals surface area (Å²) in [5.41, 5.74) is 3.05. The molecule has 0 radical (unpaired) electrons. The van der Waals surface area contributed by atoms with Crippen LogP contribution in [0.5, 0.6) is 11.5 Å². The molecule has 0 atom stereocenters. The van der Waals surface area contributed by atoms with Crippen LogP contribution in [-0.4, -0.2) is 32.2 Å². The maximum atomic E-state index is 12.7. The van der Waals surface area contributed by atoms with Gasteiger partial charge in [0.1, 0.15) is 22.1 Å². The summed E-state index contributed by atoms with van der Waals surface area (Å²) in [6, 6.07) is 13.3. The average molecular weight is 546 g/mol. The van der Waals surface area contributed by atoms with Gasteiger partial charge in [-0.25, -0.2) is 4.79 Å². The zero-order valence-electron chi connectivity index (χ0n) is 19.9. The highest BCUT2D eigenvalue weighted by molar-refractivity contribution is 9.10. The summed E-state index contributed by atoms with van der Waals surface area (Å²) in [4.78, 5) is 26.3. The van der Waals surface area contributed by atoms with E-state index in [1.165, 1.54) is 24.0 Å². The Morgan fingerprint density at radius 1 is 1.09 bits per heavy atom. The lowest BCUT2D eigenvalue weighted by Gasteiger charge is -2.12. The lowest BCUT2D eigenvalue weighted by molar-refractivity contribution is -0.118. The van der Waals surface area contributed by atoms with E-state index >= 15 is 0 Å². The molecule has 0 aliphatic carbocycles. The normalized spacial score (nSPS) is 10.8. The zero-order valence-corrected chi connectivity index (χ0v) is 22.3. The summed E-state index contributed by atoms with van der Waals surface area (Å²) in [5, 5.41) is 3.25. The van der Waals surface area contributed by atoms with Crippen LogP contribution in [0.2, 0.25) is 0 Å². The number of hydrogen-bond donors (Lipinski definition) is 1. The van der Waals surface area contributed by atoms with Gasteiger partial charge in [0.25, 0.3) is 5.91 Å². The number of halogens is 1. The monoisotopic (exact) mass is 545 g/mol. The smallest absolute Gasteiger partial charge is 0.341 e. The van der Waals surface area contributed by atoms with E-state index in [1.54, 1.807) is 0 Å². The molecule has 0 aliphatic rings. The van der Waals surface area contributed by atoms with E-state index in [9.17, 15) is 9.59 Å². The number of esters is 1. The number of carbonyl (C=O) groups is 2. The maximum absolute atomic E-state index is 12.7. The number of carbonyl (C=O) groups excluding carboxylic acids is 2. The number of nitrogens with one attached hydrogen (secondary N) is 1. The van der Waals surface area contributed by atoms with Crippen molar-refractivity contribution in [1.82, 2.24) is 0 Å². The molecule has 1 heterocycles. The topological polar surface area (TPSA) is 73.9 Å². The van der Waals surface area contributed by atoms with Crippen LogP contribution in [0.25, 0.3) is 11.1 Å². The summed E-state index contributed by atoms with van der Waals surface area (Å²) in [6.07, 6.45) is 0. The van der Waals surface area contributed by atoms with Crippen LogP contribution < -0.4 is 14.8 Å². The van der Waals surface area contributed by atoms with E-state index < -0.39 is 5.97 Å². The van der Waals surface area contributed by atoms with Gasteiger partial charge in [0.15, 0.2) is 6.61 Å². The molecule has 6 nitrogen and oxygen atoms in total.